The van der Waals surface area contributed by atoms with Crippen LogP contribution in [0.15, 0.2) is 48.8 Å². The highest BCUT2D eigenvalue weighted by Crippen LogP contribution is 2.18. The molecule has 0 radical (unpaired) electrons. The van der Waals surface area contributed by atoms with Crippen LogP contribution in [0, 0.1) is 0 Å². The number of urea groups is 1. The van der Waals surface area contributed by atoms with Crippen molar-refractivity contribution in [2.75, 3.05) is 17.2 Å². The van der Waals surface area contributed by atoms with Crippen LogP contribution in [0.4, 0.5) is 21.0 Å². The number of hydrogen-bond donors (Lipinski definition) is 3. The molecule has 0 spiro atoms. The van der Waals surface area contributed by atoms with Crippen molar-refractivity contribution in [3.05, 3.63) is 48.8 Å². The molecule has 3 N–H and O–H groups in total. The van der Waals surface area contributed by atoms with Gasteiger partial charge in [0.25, 0.3) is 0 Å². The number of ether oxygens (including phenoxy) is 2. The average molecular weight is 340 g/mol. The molecule has 0 atom stereocenters. The monoisotopic (exact) mass is 340 g/mol. The first kappa shape index (κ1) is 16.3. The maximum Gasteiger partial charge on any atom is 0.513 e. The van der Waals surface area contributed by atoms with Crippen LogP contribution in [-0.4, -0.2) is 28.8 Å². The molecule has 0 saturated carbocycles. The van der Waals surface area contributed by atoms with Crippen LogP contribution >= 0.6 is 0 Å². The summed E-state index contributed by atoms with van der Waals surface area (Å²) in [4.78, 5) is 30.4. The Kier molecular flexibility index (Phi) is 4.79. The first-order chi connectivity index (χ1) is 12.1. The first-order valence-corrected chi connectivity index (χ1v) is 7.60. The van der Waals surface area contributed by atoms with E-state index in [4.69, 9.17) is 4.74 Å². The van der Waals surface area contributed by atoms with Gasteiger partial charge in [-0.05, 0) is 49.4 Å². The van der Waals surface area contributed by atoms with E-state index >= 15 is 0 Å². The molecule has 0 aliphatic rings. The third kappa shape index (κ3) is 4.25. The maximum atomic E-state index is 12.1. The fourth-order valence-corrected chi connectivity index (χ4v) is 2.16. The van der Waals surface area contributed by atoms with E-state index in [-0.39, 0.29) is 6.61 Å². The van der Waals surface area contributed by atoms with Gasteiger partial charge in [0, 0.05) is 11.4 Å². The second-order valence-corrected chi connectivity index (χ2v) is 5.02. The number of aromatic nitrogens is 2. The average Bonchev–Trinajstić information content (AvgIpc) is 3.04. The van der Waals surface area contributed by atoms with Crippen LogP contribution in [0.1, 0.15) is 6.92 Å². The first-order valence-electron chi connectivity index (χ1n) is 7.60. The summed E-state index contributed by atoms with van der Waals surface area (Å²) in [6.07, 6.45) is 0.823. The highest BCUT2D eigenvalue weighted by atomic mass is 16.7. The zero-order chi connectivity index (χ0) is 17.6. The van der Waals surface area contributed by atoms with Crippen LogP contribution < -0.4 is 15.4 Å². The number of aromatic amines is 1. The maximum absolute atomic E-state index is 12.1. The smallest absolute Gasteiger partial charge is 0.434 e. The van der Waals surface area contributed by atoms with E-state index in [1.54, 1.807) is 49.6 Å². The van der Waals surface area contributed by atoms with Gasteiger partial charge in [0.05, 0.1) is 24.0 Å². The van der Waals surface area contributed by atoms with Gasteiger partial charge < -0.3 is 25.1 Å². The minimum atomic E-state index is -0.768. The molecule has 0 bridgehead atoms. The van der Waals surface area contributed by atoms with Crippen molar-refractivity contribution in [1.29, 1.82) is 0 Å². The molecule has 3 aromatic rings. The molecule has 2 aromatic carbocycles. The Morgan fingerprint density at radius 2 is 1.80 bits per heavy atom. The van der Waals surface area contributed by atoms with Crippen molar-refractivity contribution in [3.63, 3.8) is 0 Å². The Labute approximate surface area is 143 Å². The third-order valence-corrected chi connectivity index (χ3v) is 3.25. The summed E-state index contributed by atoms with van der Waals surface area (Å²) >= 11 is 0. The molecule has 2 amide bonds. The highest BCUT2D eigenvalue weighted by molar-refractivity contribution is 6.00. The lowest BCUT2D eigenvalue weighted by Crippen LogP contribution is -2.19. The van der Waals surface area contributed by atoms with Crippen LogP contribution in [0.2, 0.25) is 0 Å². The van der Waals surface area contributed by atoms with Gasteiger partial charge in [-0.1, -0.05) is 0 Å². The number of fused-ring (bicyclic) bond motifs is 1. The van der Waals surface area contributed by atoms with Gasteiger partial charge in [0.1, 0.15) is 5.75 Å². The van der Waals surface area contributed by atoms with Gasteiger partial charge >= 0.3 is 12.2 Å². The summed E-state index contributed by atoms with van der Waals surface area (Å²) in [6, 6.07) is 11.3. The standard InChI is InChI=1S/C17H16N4O4/c1-2-24-17(23)25-13-6-3-11(4-7-13)20-16(22)21-12-5-8-14-15(9-12)19-10-18-14/h3-10H,2H2,1H3,(H,18,19)(H2,20,21,22). The van der Waals surface area contributed by atoms with Gasteiger partial charge in [0.15, 0.2) is 0 Å². The Morgan fingerprint density at radius 3 is 2.56 bits per heavy atom. The van der Waals surface area contributed by atoms with Crippen LogP contribution in [0.25, 0.3) is 11.0 Å². The van der Waals surface area contributed by atoms with E-state index in [1.807, 2.05) is 6.07 Å². The predicted octanol–water partition coefficient (Wildman–Crippen LogP) is 3.74. The normalized spacial score (nSPS) is 10.3. The summed E-state index contributed by atoms with van der Waals surface area (Å²) in [6.45, 7) is 1.93. The van der Waals surface area contributed by atoms with Crippen LogP contribution in [0.3, 0.4) is 0 Å². The molecule has 25 heavy (non-hydrogen) atoms. The van der Waals surface area contributed by atoms with Gasteiger partial charge in [-0.2, -0.15) is 0 Å². The Hall–Kier alpha value is -3.55. The number of rotatable bonds is 4. The number of imidazole rings is 1. The molecular formula is C17H16N4O4. The SMILES string of the molecule is CCOC(=O)Oc1ccc(NC(=O)Nc2ccc3nc[nH]c3c2)cc1. The fraction of sp³-hybridized carbons (Fsp3) is 0.118. The van der Waals surface area contributed by atoms with E-state index < -0.39 is 12.2 Å². The molecule has 0 aliphatic carbocycles. The molecule has 0 fully saturated rings. The quantitative estimate of drug-likeness (QED) is 0.495. The molecule has 8 heteroatoms. The zero-order valence-corrected chi connectivity index (χ0v) is 13.4. The Bertz CT molecular complexity index is 889. The number of nitrogens with zero attached hydrogens (tertiary/aromatic N) is 1. The van der Waals surface area contributed by atoms with Gasteiger partial charge in [0.2, 0.25) is 0 Å². The number of H-pyrrole nitrogens is 1. The van der Waals surface area contributed by atoms with Crippen molar-refractivity contribution in [3.8, 4) is 5.75 Å². The second kappa shape index (κ2) is 7.35. The minimum absolute atomic E-state index is 0.239. The molecule has 1 aromatic heterocycles. The number of amides is 2. The van der Waals surface area contributed by atoms with Crippen molar-refractivity contribution in [1.82, 2.24) is 9.97 Å². The van der Waals surface area contributed by atoms with Gasteiger partial charge in [-0.25, -0.2) is 14.6 Å². The number of benzene rings is 2. The summed E-state index contributed by atoms with van der Waals surface area (Å²) in [7, 11) is 0. The van der Waals surface area contributed by atoms with Crippen molar-refractivity contribution in [2.24, 2.45) is 0 Å². The lowest BCUT2D eigenvalue weighted by Gasteiger charge is -2.09. The Morgan fingerprint density at radius 1 is 1.08 bits per heavy atom. The van der Waals surface area contributed by atoms with E-state index in [2.05, 4.69) is 25.3 Å². The van der Waals surface area contributed by atoms with E-state index in [1.165, 1.54) is 0 Å². The molecule has 8 nitrogen and oxygen atoms in total. The second-order valence-electron chi connectivity index (χ2n) is 5.02. The van der Waals surface area contributed by atoms with E-state index in [0.717, 1.165) is 11.0 Å². The van der Waals surface area contributed by atoms with Crippen molar-refractivity contribution >= 4 is 34.6 Å². The zero-order valence-electron chi connectivity index (χ0n) is 13.4. The summed E-state index contributed by atoms with van der Waals surface area (Å²) in [5.74, 6) is 0.328. The number of anilines is 2. The largest absolute Gasteiger partial charge is 0.513 e. The summed E-state index contributed by atoms with van der Waals surface area (Å²) in [5, 5.41) is 5.42. The molecule has 0 aliphatic heterocycles. The number of hydrogen-bond acceptors (Lipinski definition) is 5. The molecule has 0 unspecified atom stereocenters. The van der Waals surface area contributed by atoms with Gasteiger partial charge in [-0.15, -0.1) is 0 Å². The molecule has 128 valence electrons. The number of nitrogens with one attached hydrogen (secondary N) is 3. The molecule has 3 rings (SSSR count). The number of carbonyl (C=O) groups excluding carboxylic acids is 2. The van der Waals surface area contributed by atoms with E-state index in [0.29, 0.717) is 17.1 Å². The fourth-order valence-electron chi connectivity index (χ4n) is 2.16. The summed E-state index contributed by atoms with van der Waals surface area (Å²) < 4.78 is 9.63. The Balaban J connectivity index is 1.57. The minimum Gasteiger partial charge on any atom is -0.434 e. The molecule has 0 saturated heterocycles. The van der Waals surface area contributed by atoms with Gasteiger partial charge in [-0.3, -0.25) is 0 Å². The summed E-state index contributed by atoms with van der Waals surface area (Å²) in [5.41, 5.74) is 2.84. The highest BCUT2D eigenvalue weighted by Gasteiger charge is 2.07. The molecular weight excluding hydrogens is 324 g/mol. The number of carbonyl (C=O) groups is 2. The lowest BCUT2D eigenvalue weighted by atomic mass is 10.3. The van der Waals surface area contributed by atoms with Crippen molar-refractivity contribution < 1.29 is 19.1 Å². The third-order valence-electron chi connectivity index (χ3n) is 3.25. The predicted molar refractivity (Wildman–Crippen MR) is 92.8 cm³/mol. The molecule has 1 heterocycles. The van der Waals surface area contributed by atoms with Crippen molar-refractivity contribution in [2.45, 2.75) is 6.92 Å². The van der Waals surface area contributed by atoms with Crippen LogP contribution in [0.5, 0.6) is 5.75 Å². The van der Waals surface area contributed by atoms with E-state index in [9.17, 15) is 9.59 Å². The van der Waals surface area contributed by atoms with Crippen LogP contribution in [-0.2, 0) is 4.74 Å². The topological polar surface area (TPSA) is 105 Å². The lowest BCUT2D eigenvalue weighted by molar-refractivity contribution is 0.104.